The van der Waals surface area contributed by atoms with Gasteiger partial charge in [-0.1, -0.05) is 11.8 Å². The first-order chi connectivity index (χ1) is 12.1. The molecule has 3 rings (SSSR count). The Morgan fingerprint density at radius 2 is 2.00 bits per heavy atom. The van der Waals surface area contributed by atoms with E-state index in [2.05, 4.69) is 25.3 Å². The Hall–Kier alpha value is -2.81. The van der Waals surface area contributed by atoms with Crippen molar-refractivity contribution in [1.82, 2.24) is 19.9 Å². The number of ether oxygens (including phenoxy) is 2. The van der Waals surface area contributed by atoms with Crippen LogP contribution in [-0.4, -0.2) is 45.3 Å². The first kappa shape index (κ1) is 17.0. The van der Waals surface area contributed by atoms with E-state index in [0.717, 1.165) is 5.52 Å². The summed E-state index contributed by atoms with van der Waals surface area (Å²) in [5, 5.41) is 3.18. The van der Waals surface area contributed by atoms with E-state index in [1.807, 2.05) is 6.92 Å². The molecule has 25 heavy (non-hydrogen) atoms. The molecule has 130 valence electrons. The molecule has 1 amide bonds. The highest BCUT2D eigenvalue weighted by Crippen LogP contribution is 2.31. The number of benzene rings is 1. The Balaban J connectivity index is 1.72. The van der Waals surface area contributed by atoms with Crippen LogP contribution in [0, 0.1) is 0 Å². The number of methoxy groups -OCH3 is 2. The zero-order valence-corrected chi connectivity index (χ0v) is 14.8. The van der Waals surface area contributed by atoms with Crippen molar-refractivity contribution >= 4 is 34.5 Å². The summed E-state index contributed by atoms with van der Waals surface area (Å²) in [6.45, 7) is 1.81. The van der Waals surface area contributed by atoms with Crippen molar-refractivity contribution in [3.63, 3.8) is 0 Å². The van der Waals surface area contributed by atoms with E-state index in [1.165, 1.54) is 18.1 Å². The normalized spacial score (nSPS) is 12.0. The molecule has 1 aromatic carbocycles. The highest BCUT2D eigenvalue weighted by Gasteiger charge is 2.18. The molecule has 0 radical (unpaired) electrons. The summed E-state index contributed by atoms with van der Waals surface area (Å²) in [6.07, 6.45) is 2.99. The zero-order chi connectivity index (χ0) is 17.8. The minimum Gasteiger partial charge on any atom is -0.493 e. The maximum absolute atomic E-state index is 12.5. The molecular formula is C16H17N5O3S. The Labute approximate surface area is 148 Å². The summed E-state index contributed by atoms with van der Waals surface area (Å²) >= 11 is 1.33. The summed E-state index contributed by atoms with van der Waals surface area (Å²) in [6, 6.07) is 5.21. The number of H-pyrrole nitrogens is 1. The Morgan fingerprint density at radius 1 is 1.20 bits per heavy atom. The average Bonchev–Trinajstić information content (AvgIpc) is 3.11. The lowest BCUT2D eigenvalue weighted by Crippen LogP contribution is -2.22. The number of fused-ring (bicyclic) bond motifs is 1. The molecule has 2 heterocycles. The predicted octanol–water partition coefficient (Wildman–Crippen LogP) is 2.49. The molecule has 3 aromatic rings. The molecule has 0 bridgehead atoms. The number of carbonyl (C=O) groups excluding carboxylic acids is 1. The van der Waals surface area contributed by atoms with E-state index in [4.69, 9.17) is 9.47 Å². The predicted molar refractivity (Wildman–Crippen MR) is 95.2 cm³/mol. The third kappa shape index (κ3) is 3.66. The molecule has 9 heteroatoms. The number of rotatable bonds is 6. The first-order valence-corrected chi connectivity index (χ1v) is 8.34. The summed E-state index contributed by atoms with van der Waals surface area (Å²) < 4.78 is 10.4. The largest absolute Gasteiger partial charge is 0.493 e. The molecule has 0 unspecified atom stereocenters. The van der Waals surface area contributed by atoms with Gasteiger partial charge in [0.1, 0.15) is 16.9 Å². The number of amides is 1. The molecule has 0 aliphatic rings. The number of hydrogen-bond donors (Lipinski definition) is 2. The molecule has 2 N–H and O–H groups in total. The number of carbonyl (C=O) groups is 1. The minimum atomic E-state index is -0.366. The quantitative estimate of drug-likeness (QED) is 0.515. The summed E-state index contributed by atoms with van der Waals surface area (Å²) in [4.78, 5) is 27.8. The van der Waals surface area contributed by atoms with Crippen LogP contribution >= 0.6 is 11.8 Å². The van der Waals surface area contributed by atoms with Crippen LogP contribution in [0.15, 0.2) is 35.9 Å². The van der Waals surface area contributed by atoms with Crippen LogP contribution in [0.5, 0.6) is 11.5 Å². The monoisotopic (exact) mass is 359 g/mol. The van der Waals surface area contributed by atoms with Gasteiger partial charge < -0.3 is 19.8 Å². The van der Waals surface area contributed by atoms with Crippen LogP contribution in [0.4, 0.5) is 5.69 Å². The lowest BCUT2D eigenvalue weighted by atomic mass is 10.2. The van der Waals surface area contributed by atoms with Gasteiger partial charge in [-0.2, -0.15) is 0 Å². The lowest BCUT2D eigenvalue weighted by Gasteiger charge is -2.13. The maximum Gasteiger partial charge on any atom is 0.237 e. The van der Waals surface area contributed by atoms with Crippen LogP contribution in [-0.2, 0) is 4.79 Å². The second kappa shape index (κ2) is 7.39. The summed E-state index contributed by atoms with van der Waals surface area (Å²) in [5.74, 6) is 1.00. The van der Waals surface area contributed by atoms with Crippen LogP contribution < -0.4 is 14.8 Å². The number of aromatic nitrogens is 4. The third-order valence-corrected chi connectivity index (χ3v) is 4.60. The fraction of sp³-hybridized carbons (Fsp3) is 0.250. The standard InChI is InChI=1S/C16H17N5O3S/c1-9(25-16-13-14(18-7-17-13)19-8-20-16)15(22)21-10-4-5-11(23-2)12(6-10)24-3/h4-9H,1-3H3,(H,21,22)(H,17,18,19,20)/t9-/m0/s1. The van der Waals surface area contributed by atoms with Gasteiger partial charge in [-0.05, 0) is 19.1 Å². The fourth-order valence-corrected chi connectivity index (χ4v) is 3.09. The molecular weight excluding hydrogens is 342 g/mol. The average molecular weight is 359 g/mol. The molecule has 0 aliphatic heterocycles. The first-order valence-electron chi connectivity index (χ1n) is 7.46. The number of aromatic amines is 1. The number of nitrogens with one attached hydrogen (secondary N) is 2. The van der Waals surface area contributed by atoms with E-state index in [0.29, 0.717) is 27.9 Å². The van der Waals surface area contributed by atoms with Crippen molar-refractivity contribution in [2.75, 3.05) is 19.5 Å². The van der Waals surface area contributed by atoms with Gasteiger partial charge in [-0.15, -0.1) is 0 Å². The molecule has 0 spiro atoms. The minimum absolute atomic E-state index is 0.150. The summed E-state index contributed by atoms with van der Waals surface area (Å²) in [5.41, 5.74) is 1.92. The zero-order valence-electron chi connectivity index (χ0n) is 13.9. The van der Waals surface area contributed by atoms with E-state index < -0.39 is 0 Å². The molecule has 0 fully saturated rings. The highest BCUT2D eigenvalue weighted by molar-refractivity contribution is 8.00. The van der Waals surface area contributed by atoms with Crippen LogP contribution in [0.25, 0.3) is 11.2 Å². The van der Waals surface area contributed by atoms with Crippen molar-refractivity contribution in [3.05, 3.63) is 30.9 Å². The Kier molecular flexibility index (Phi) is 5.03. The van der Waals surface area contributed by atoms with Crippen molar-refractivity contribution in [2.24, 2.45) is 0 Å². The lowest BCUT2D eigenvalue weighted by molar-refractivity contribution is -0.115. The van der Waals surface area contributed by atoms with Gasteiger partial charge in [-0.3, -0.25) is 4.79 Å². The van der Waals surface area contributed by atoms with E-state index in [9.17, 15) is 4.79 Å². The van der Waals surface area contributed by atoms with Gasteiger partial charge in [0.2, 0.25) is 5.91 Å². The smallest absolute Gasteiger partial charge is 0.237 e. The Bertz CT molecular complexity index is 898. The van der Waals surface area contributed by atoms with Gasteiger partial charge >= 0.3 is 0 Å². The number of thioether (sulfide) groups is 1. The number of nitrogens with zero attached hydrogens (tertiary/aromatic N) is 3. The Morgan fingerprint density at radius 3 is 2.76 bits per heavy atom. The second-order valence-corrected chi connectivity index (χ2v) is 6.43. The topological polar surface area (TPSA) is 102 Å². The van der Waals surface area contributed by atoms with E-state index in [-0.39, 0.29) is 11.2 Å². The summed E-state index contributed by atoms with van der Waals surface area (Å²) in [7, 11) is 3.11. The van der Waals surface area contributed by atoms with E-state index in [1.54, 1.807) is 38.7 Å². The highest BCUT2D eigenvalue weighted by atomic mass is 32.2. The van der Waals surface area contributed by atoms with Crippen LogP contribution in [0.2, 0.25) is 0 Å². The van der Waals surface area contributed by atoms with Crippen molar-refractivity contribution < 1.29 is 14.3 Å². The van der Waals surface area contributed by atoms with Crippen LogP contribution in [0.1, 0.15) is 6.92 Å². The van der Waals surface area contributed by atoms with Crippen molar-refractivity contribution in [1.29, 1.82) is 0 Å². The molecule has 0 aliphatic carbocycles. The van der Waals surface area contributed by atoms with Gasteiger partial charge in [-0.25, -0.2) is 15.0 Å². The number of hydrogen-bond acceptors (Lipinski definition) is 7. The maximum atomic E-state index is 12.5. The molecule has 0 saturated carbocycles. The molecule has 0 saturated heterocycles. The fourth-order valence-electron chi connectivity index (χ4n) is 2.21. The molecule has 1 atom stereocenters. The number of imidazole rings is 1. The molecule has 2 aromatic heterocycles. The van der Waals surface area contributed by atoms with Gasteiger partial charge in [0.15, 0.2) is 17.1 Å². The van der Waals surface area contributed by atoms with Crippen LogP contribution in [0.3, 0.4) is 0 Å². The second-order valence-electron chi connectivity index (χ2n) is 5.10. The van der Waals surface area contributed by atoms with Crippen molar-refractivity contribution in [3.8, 4) is 11.5 Å². The van der Waals surface area contributed by atoms with E-state index >= 15 is 0 Å². The molecule has 8 nitrogen and oxygen atoms in total. The number of anilines is 1. The van der Waals surface area contributed by atoms with Gasteiger partial charge in [0.25, 0.3) is 0 Å². The van der Waals surface area contributed by atoms with Gasteiger partial charge in [0, 0.05) is 11.8 Å². The SMILES string of the molecule is COc1ccc(NC(=O)[C@H](C)Sc2ncnc3nc[nH]c23)cc1OC. The van der Waals surface area contributed by atoms with Crippen molar-refractivity contribution in [2.45, 2.75) is 17.2 Å². The van der Waals surface area contributed by atoms with Gasteiger partial charge in [0.05, 0.1) is 25.8 Å². The third-order valence-electron chi connectivity index (χ3n) is 3.50.